The molecule has 1 N–H and O–H groups in total. The highest BCUT2D eigenvalue weighted by atomic mass is 79.9. The van der Waals surface area contributed by atoms with E-state index in [4.69, 9.17) is 0 Å². The number of fused-ring (bicyclic) bond motifs is 1. The highest BCUT2D eigenvalue weighted by molar-refractivity contribution is 9.10. The fourth-order valence-electron chi connectivity index (χ4n) is 2.47. The zero-order valence-electron chi connectivity index (χ0n) is 12.7. The van der Waals surface area contributed by atoms with Crippen molar-refractivity contribution in [3.8, 4) is 5.82 Å². The van der Waals surface area contributed by atoms with Crippen molar-refractivity contribution in [2.75, 3.05) is 5.32 Å². The molecule has 0 aliphatic carbocycles. The van der Waals surface area contributed by atoms with Crippen LogP contribution in [0.5, 0.6) is 0 Å². The number of benzene rings is 1. The first kappa shape index (κ1) is 14.8. The SMILES string of the molecule is Brc1cccc2ccc(NCc3ccc(-n4ccnc4)nc3)nc12. The number of para-hydroxylation sites is 1. The molecule has 6 heteroatoms. The number of nitrogens with zero attached hydrogens (tertiary/aromatic N) is 4. The lowest BCUT2D eigenvalue weighted by atomic mass is 10.2. The van der Waals surface area contributed by atoms with Crippen molar-refractivity contribution in [2.24, 2.45) is 0 Å². The van der Waals surface area contributed by atoms with E-state index in [1.165, 1.54) is 0 Å². The van der Waals surface area contributed by atoms with Crippen LogP contribution in [0.15, 0.2) is 71.9 Å². The van der Waals surface area contributed by atoms with E-state index in [1.54, 1.807) is 12.5 Å². The van der Waals surface area contributed by atoms with E-state index >= 15 is 0 Å². The van der Waals surface area contributed by atoms with Crippen LogP contribution in [0, 0.1) is 0 Å². The third-order valence-electron chi connectivity index (χ3n) is 3.72. The summed E-state index contributed by atoms with van der Waals surface area (Å²) in [6.45, 7) is 0.667. The van der Waals surface area contributed by atoms with Crippen LogP contribution in [0.1, 0.15) is 5.56 Å². The van der Waals surface area contributed by atoms with E-state index in [1.807, 2.05) is 47.3 Å². The van der Waals surface area contributed by atoms with Gasteiger partial charge in [-0.3, -0.25) is 4.57 Å². The van der Waals surface area contributed by atoms with Gasteiger partial charge in [0.05, 0.1) is 5.52 Å². The number of hydrogen-bond donors (Lipinski definition) is 1. The average Bonchev–Trinajstić information content (AvgIpc) is 3.16. The van der Waals surface area contributed by atoms with Gasteiger partial charge in [-0.05, 0) is 45.8 Å². The highest BCUT2D eigenvalue weighted by Gasteiger charge is 2.03. The average molecular weight is 380 g/mol. The molecule has 0 spiro atoms. The van der Waals surface area contributed by atoms with Gasteiger partial charge < -0.3 is 5.32 Å². The molecule has 1 aromatic carbocycles. The summed E-state index contributed by atoms with van der Waals surface area (Å²) in [5.41, 5.74) is 2.05. The van der Waals surface area contributed by atoms with Gasteiger partial charge in [-0.1, -0.05) is 18.2 Å². The predicted octanol–water partition coefficient (Wildman–Crippen LogP) is 4.19. The van der Waals surface area contributed by atoms with E-state index in [0.29, 0.717) is 6.54 Å². The van der Waals surface area contributed by atoms with Crippen molar-refractivity contribution in [2.45, 2.75) is 6.54 Å². The minimum absolute atomic E-state index is 0.667. The molecule has 4 aromatic rings. The lowest BCUT2D eigenvalue weighted by Gasteiger charge is -2.08. The summed E-state index contributed by atoms with van der Waals surface area (Å²) < 4.78 is 2.87. The van der Waals surface area contributed by atoms with Crippen LogP contribution in [0.2, 0.25) is 0 Å². The molecule has 24 heavy (non-hydrogen) atoms. The second-order valence-electron chi connectivity index (χ2n) is 5.36. The van der Waals surface area contributed by atoms with Crippen LogP contribution >= 0.6 is 15.9 Å². The Morgan fingerprint density at radius 2 is 2.04 bits per heavy atom. The largest absolute Gasteiger partial charge is 0.366 e. The van der Waals surface area contributed by atoms with Crippen LogP contribution in [0.25, 0.3) is 16.7 Å². The molecule has 0 atom stereocenters. The first-order valence-corrected chi connectivity index (χ1v) is 8.31. The maximum Gasteiger partial charge on any atom is 0.137 e. The monoisotopic (exact) mass is 379 g/mol. The van der Waals surface area contributed by atoms with Crippen molar-refractivity contribution in [1.29, 1.82) is 0 Å². The van der Waals surface area contributed by atoms with Crippen LogP contribution < -0.4 is 5.32 Å². The third-order valence-corrected chi connectivity index (χ3v) is 4.36. The first-order valence-electron chi connectivity index (χ1n) is 7.52. The summed E-state index contributed by atoms with van der Waals surface area (Å²) >= 11 is 3.55. The molecule has 3 aromatic heterocycles. The zero-order chi connectivity index (χ0) is 16.4. The number of pyridine rings is 2. The summed E-state index contributed by atoms with van der Waals surface area (Å²) in [7, 11) is 0. The number of nitrogens with one attached hydrogen (secondary N) is 1. The fraction of sp³-hybridized carbons (Fsp3) is 0.0556. The highest BCUT2D eigenvalue weighted by Crippen LogP contribution is 2.23. The number of imidazole rings is 1. The van der Waals surface area contributed by atoms with Crippen molar-refractivity contribution in [3.05, 3.63) is 77.4 Å². The van der Waals surface area contributed by atoms with E-state index < -0.39 is 0 Å². The number of anilines is 1. The Morgan fingerprint density at radius 1 is 1.08 bits per heavy atom. The summed E-state index contributed by atoms with van der Waals surface area (Å²) in [6.07, 6.45) is 7.20. The first-order chi connectivity index (χ1) is 11.8. The Labute approximate surface area is 147 Å². The molecule has 0 bridgehead atoms. The quantitative estimate of drug-likeness (QED) is 0.577. The molecule has 0 saturated heterocycles. The van der Waals surface area contributed by atoms with Gasteiger partial charge in [0.1, 0.15) is 18.0 Å². The Bertz CT molecular complexity index is 965. The van der Waals surface area contributed by atoms with Gasteiger partial charge in [-0.25, -0.2) is 15.0 Å². The molecule has 0 aliphatic rings. The maximum atomic E-state index is 4.66. The topological polar surface area (TPSA) is 55.6 Å². The van der Waals surface area contributed by atoms with Crippen molar-refractivity contribution < 1.29 is 0 Å². The molecular weight excluding hydrogens is 366 g/mol. The lowest BCUT2D eigenvalue weighted by molar-refractivity contribution is 0.977. The molecule has 0 unspecified atom stereocenters. The number of rotatable bonds is 4. The molecule has 4 rings (SSSR count). The Hall–Kier alpha value is -2.73. The van der Waals surface area contributed by atoms with Gasteiger partial charge in [0.2, 0.25) is 0 Å². The normalized spacial score (nSPS) is 10.9. The second kappa shape index (κ2) is 6.41. The number of halogens is 1. The molecule has 118 valence electrons. The standard InChI is InChI=1S/C18H14BrN5/c19-15-3-1-2-14-5-6-16(23-18(14)15)21-10-13-4-7-17(22-11-13)24-9-8-20-12-24/h1-9,11-12H,10H2,(H,21,23). The summed E-state index contributed by atoms with van der Waals surface area (Å²) in [5.74, 6) is 1.69. The van der Waals surface area contributed by atoms with Gasteiger partial charge in [0.15, 0.2) is 0 Å². The molecule has 0 fully saturated rings. The smallest absolute Gasteiger partial charge is 0.137 e. The van der Waals surface area contributed by atoms with E-state index in [2.05, 4.69) is 48.3 Å². The summed E-state index contributed by atoms with van der Waals surface area (Å²) in [6, 6.07) is 14.1. The minimum Gasteiger partial charge on any atom is -0.366 e. The third kappa shape index (κ3) is 3.00. The molecular formula is C18H14BrN5. The lowest BCUT2D eigenvalue weighted by Crippen LogP contribution is -2.03. The Kier molecular flexibility index (Phi) is 3.96. The van der Waals surface area contributed by atoms with Gasteiger partial charge >= 0.3 is 0 Å². The predicted molar refractivity (Wildman–Crippen MR) is 98.1 cm³/mol. The van der Waals surface area contributed by atoms with Crippen molar-refractivity contribution >= 4 is 32.7 Å². The Balaban J connectivity index is 1.49. The Morgan fingerprint density at radius 3 is 2.83 bits per heavy atom. The molecule has 3 heterocycles. The fourth-order valence-corrected chi connectivity index (χ4v) is 2.94. The molecule has 5 nitrogen and oxygen atoms in total. The van der Waals surface area contributed by atoms with Crippen LogP contribution in [0.3, 0.4) is 0 Å². The van der Waals surface area contributed by atoms with E-state index in [-0.39, 0.29) is 0 Å². The van der Waals surface area contributed by atoms with Gasteiger partial charge in [-0.2, -0.15) is 0 Å². The molecule has 0 aliphatic heterocycles. The maximum absolute atomic E-state index is 4.66. The van der Waals surface area contributed by atoms with Crippen molar-refractivity contribution in [3.63, 3.8) is 0 Å². The number of aromatic nitrogens is 4. The molecule has 0 amide bonds. The van der Waals surface area contributed by atoms with Gasteiger partial charge in [-0.15, -0.1) is 0 Å². The van der Waals surface area contributed by atoms with Crippen molar-refractivity contribution in [1.82, 2.24) is 19.5 Å². The minimum atomic E-state index is 0.667. The van der Waals surface area contributed by atoms with Crippen LogP contribution in [-0.2, 0) is 6.54 Å². The second-order valence-corrected chi connectivity index (χ2v) is 6.21. The van der Waals surface area contributed by atoms with Crippen LogP contribution in [-0.4, -0.2) is 19.5 Å². The summed E-state index contributed by atoms with van der Waals surface area (Å²) in [4.78, 5) is 13.1. The van der Waals surface area contributed by atoms with E-state index in [9.17, 15) is 0 Å². The van der Waals surface area contributed by atoms with E-state index in [0.717, 1.165) is 32.6 Å². The van der Waals surface area contributed by atoms with Gasteiger partial charge in [0.25, 0.3) is 0 Å². The number of hydrogen-bond acceptors (Lipinski definition) is 4. The molecule has 0 radical (unpaired) electrons. The summed E-state index contributed by atoms with van der Waals surface area (Å²) in [5, 5.41) is 4.46. The van der Waals surface area contributed by atoms with Gasteiger partial charge in [0, 0.05) is 35.0 Å². The van der Waals surface area contributed by atoms with Crippen LogP contribution in [0.4, 0.5) is 5.82 Å². The molecule has 0 saturated carbocycles. The zero-order valence-corrected chi connectivity index (χ0v) is 14.3.